The highest BCUT2D eigenvalue weighted by Gasteiger charge is 2.12. The van der Waals surface area contributed by atoms with E-state index in [9.17, 15) is 4.39 Å². The van der Waals surface area contributed by atoms with Crippen molar-refractivity contribution in [2.24, 2.45) is 0 Å². The van der Waals surface area contributed by atoms with Crippen molar-refractivity contribution in [1.82, 2.24) is 4.90 Å². The minimum absolute atomic E-state index is 0.148. The van der Waals surface area contributed by atoms with Crippen molar-refractivity contribution in [2.75, 3.05) is 13.1 Å². The minimum Gasteiger partial charge on any atom is -0.299 e. The highest BCUT2D eigenvalue weighted by molar-refractivity contribution is 9.10. The van der Waals surface area contributed by atoms with Gasteiger partial charge in [-0.2, -0.15) is 0 Å². The summed E-state index contributed by atoms with van der Waals surface area (Å²) < 4.78 is 14.1. The predicted octanol–water partition coefficient (Wildman–Crippen LogP) is 3.57. The Hall–Kier alpha value is -0.410. The van der Waals surface area contributed by atoms with Crippen molar-refractivity contribution >= 4 is 15.9 Å². The third-order valence-corrected chi connectivity index (χ3v) is 3.62. The molecule has 1 aliphatic heterocycles. The van der Waals surface area contributed by atoms with Gasteiger partial charge in [0.1, 0.15) is 5.82 Å². The van der Waals surface area contributed by atoms with E-state index in [0.29, 0.717) is 0 Å². The first-order valence-corrected chi connectivity index (χ1v) is 6.21. The Bertz CT molecular complexity index is 334. The van der Waals surface area contributed by atoms with E-state index in [1.54, 1.807) is 12.1 Å². The van der Waals surface area contributed by atoms with Gasteiger partial charge in [-0.25, -0.2) is 4.39 Å². The van der Waals surface area contributed by atoms with Gasteiger partial charge in [0.15, 0.2) is 0 Å². The molecule has 0 bridgehead atoms. The third kappa shape index (κ3) is 3.02. The highest BCUT2D eigenvalue weighted by atomic mass is 79.9. The van der Waals surface area contributed by atoms with Crippen LogP contribution < -0.4 is 0 Å². The molecule has 1 saturated heterocycles. The van der Waals surface area contributed by atoms with Gasteiger partial charge >= 0.3 is 0 Å². The smallest absolute Gasteiger partial charge is 0.123 e. The molecule has 1 aliphatic rings. The van der Waals surface area contributed by atoms with Crippen LogP contribution in [0.25, 0.3) is 0 Å². The summed E-state index contributed by atoms with van der Waals surface area (Å²) in [4.78, 5) is 2.39. The van der Waals surface area contributed by atoms with Crippen LogP contribution in [-0.2, 0) is 6.54 Å². The van der Waals surface area contributed by atoms with Gasteiger partial charge in [0.25, 0.3) is 0 Å². The second-order valence-corrected chi connectivity index (χ2v) is 4.93. The van der Waals surface area contributed by atoms with Crippen LogP contribution in [0.1, 0.15) is 24.8 Å². The second kappa shape index (κ2) is 5.08. The zero-order valence-corrected chi connectivity index (χ0v) is 10.3. The van der Waals surface area contributed by atoms with Crippen LogP contribution in [0.3, 0.4) is 0 Å². The van der Waals surface area contributed by atoms with Crippen molar-refractivity contribution in [1.29, 1.82) is 0 Å². The Balaban J connectivity index is 2.05. The maximum Gasteiger partial charge on any atom is 0.123 e. The van der Waals surface area contributed by atoms with Crippen molar-refractivity contribution in [3.63, 3.8) is 0 Å². The van der Waals surface area contributed by atoms with Crippen molar-refractivity contribution in [2.45, 2.75) is 25.8 Å². The average molecular weight is 272 g/mol. The quantitative estimate of drug-likeness (QED) is 0.795. The number of hydrogen-bond donors (Lipinski definition) is 0. The molecule has 15 heavy (non-hydrogen) atoms. The zero-order chi connectivity index (χ0) is 10.7. The molecular formula is C12H15BrFN. The molecule has 3 heteroatoms. The van der Waals surface area contributed by atoms with E-state index in [-0.39, 0.29) is 5.82 Å². The Labute approximate surface area is 98.4 Å². The molecule has 0 saturated carbocycles. The zero-order valence-electron chi connectivity index (χ0n) is 8.68. The first-order valence-electron chi connectivity index (χ1n) is 5.42. The van der Waals surface area contributed by atoms with Gasteiger partial charge in [0, 0.05) is 11.0 Å². The molecule has 1 nitrogen and oxygen atoms in total. The highest BCUT2D eigenvalue weighted by Crippen LogP contribution is 2.21. The molecule has 0 aromatic heterocycles. The minimum atomic E-state index is -0.148. The summed E-state index contributed by atoms with van der Waals surface area (Å²) in [6, 6.07) is 4.90. The van der Waals surface area contributed by atoms with Crippen LogP contribution in [0.4, 0.5) is 4.39 Å². The fourth-order valence-electron chi connectivity index (χ4n) is 2.02. The van der Waals surface area contributed by atoms with Crippen molar-refractivity contribution in [3.05, 3.63) is 34.1 Å². The van der Waals surface area contributed by atoms with E-state index in [1.807, 2.05) is 0 Å². The van der Waals surface area contributed by atoms with Crippen LogP contribution in [-0.4, -0.2) is 18.0 Å². The molecule has 0 amide bonds. The van der Waals surface area contributed by atoms with E-state index in [4.69, 9.17) is 0 Å². The Morgan fingerprint density at radius 1 is 1.20 bits per heavy atom. The van der Waals surface area contributed by atoms with Gasteiger partial charge in [-0.15, -0.1) is 0 Å². The number of benzene rings is 1. The second-order valence-electron chi connectivity index (χ2n) is 4.07. The molecule has 0 aliphatic carbocycles. The van der Waals surface area contributed by atoms with Crippen LogP contribution in [0.2, 0.25) is 0 Å². The Morgan fingerprint density at radius 3 is 2.67 bits per heavy atom. The molecule has 1 aromatic rings. The number of rotatable bonds is 2. The molecule has 0 radical (unpaired) electrons. The van der Waals surface area contributed by atoms with Crippen LogP contribution in [0, 0.1) is 5.82 Å². The van der Waals surface area contributed by atoms with E-state index in [2.05, 4.69) is 20.8 Å². The number of likely N-dealkylation sites (tertiary alicyclic amines) is 1. The summed E-state index contributed by atoms with van der Waals surface area (Å²) >= 11 is 3.46. The van der Waals surface area contributed by atoms with E-state index in [0.717, 1.165) is 29.7 Å². The van der Waals surface area contributed by atoms with Gasteiger partial charge in [-0.1, -0.05) is 22.4 Å². The van der Waals surface area contributed by atoms with Gasteiger partial charge < -0.3 is 0 Å². The number of piperidine rings is 1. The number of nitrogens with zero attached hydrogens (tertiary/aromatic N) is 1. The van der Waals surface area contributed by atoms with Crippen molar-refractivity contribution < 1.29 is 4.39 Å². The van der Waals surface area contributed by atoms with Gasteiger partial charge in [-0.3, -0.25) is 4.90 Å². The molecule has 0 spiro atoms. The fourth-order valence-corrected chi connectivity index (χ4v) is 2.39. The third-order valence-electron chi connectivity index (χ3n) is 2.85. The largest absolute Gasteiger partial charge is 0.299 e. The van der Waals surface area contributed by atoms with Gasteiger partial charge in [0.2, 0.25) is 0 Å². The summed E-state index contributed by atoms with van der Waals surface area (Å²) in [7, 11) is 0. The summed E-state index contributed by atoms with van der Waals surface area (Å²) in [6.07, 6.45) is 3.88. The van der Waals surface area contributed by atoms with Crippen LogP contribution in [0.5, 0.6) is 0 Å². The lowest BCUT2D eigenvalue weighted by atomic mass is 10.1. The molecule has 1 fully saturated rings. The molecule has 2 rings (SSSR count). The predicted molar refractivity (Wildman–Crippen MR) is 63.2 cm³/mol. The molecule has 82 valence electrons. The molecule has 1 aromatic carbocycles. The Kier molecular flexibility index (Phi) is 3.76. The standard InChI is InChI=1S/C12H15BrFN/c13-12-5-4-11(14)8-10(12)9-15-6-2-1-3-7-15/h4-5,8H,1-3,6-7,9H2. The lowest BCUT2D eigenvalue weighted by molar-refractivity contribution is 0.220. The van der Waals surface area contributed by atoms with Gasteiger partial charge in [0.05, 0.1) is 0 Å². The summed E-state index contributed by atoms with van der Waals surface area (Å²) in [5.41, 5.74) is 1.05. The van der Waals surface area contributed by atoms with Crippen LogP contribution in [0.15, 0.2) is 22.7 Å². The summed E-state index contributed by atoms with van der Waals surface area (Å²) in [5, 5.41) is 0. The van der Waals surface area contributed by atoms with Crippen molar-refractivity contribution in [3.8, 4) is 0 Å². The topological polar surface area (TPSA) is 3.24 Å². The van der Waals surface area contributed by atoms with E-state index in [1.165, 1.54) is 25.3 Å². The lowest BCUT2D eigenvalue weighted by Gasteiger charge is -2.26. The maximum absolute atomic E-state index is 13.1. The average Bonchev–Trinajstić information content (AvgIpc) is 2.25. The molecule has 0 unspecified atom stereocenters. The fraction of sp³-hybridized carbons (Fsp3) is 0.500. The van der Waals surface area contributed by atoms with Crippen LogP contribution >= 0.6 is 15.9 Å². The molecular weight excluding hydrogens is 257 g/mol. The van der Waals surface area contributed by atoms with E-state index >= 15 is 0 Å². The SMILES string of the molecule is Fc1ccc(Br)c(CN2CCCCC2)c1. The lowest BCUT2D eigenvalue weighted by Crippen LogP contribution is -2.29. The number of halogens is 2. The molecule has 0 N–H and O–H groups in total. The van der Waals surface area contributed by atoms with Gasteiger partial charge in [-0.05, 0) is 49.7 Å². The molecule has 0 atom stereocenters. The summed E-state index contributed by atoms with van der Waals surface area (Å²) in [5.74, 6) is -0.148. The first kappa shape index (κ1) is 11.1. The first-order chi connectivity index (χ1) is 7.25. The summed E-state index contributed by atoms with van der Waals surface area (Å²) in [6.45, 7) is 3.14. The normalized spacial score (nSPS) is 18.0. The molecule has 1 heterocycles. The Morgan fingerprint density at radius 2 is 1.93 bits per heavy atom. The van der Waals surface area contributed by atoms with E-state index < -0.39 is 0 Å². The maximum atomic E-state index is 13.1. The number of hydrogen-bond acceptors (Lipinski definition) is 1. The monoisotopic (exact) mass is 271 g/mol.